The molecule has 0 atom stereocenters. The molecule has 5 nitrogen and oxygen atoms in total. The Bertz CT molecular complexity index is 604. The largest absolute Gasteiger partial charge is 0.417 e. The minimum absolute atomic E-state index is 0.0274. The third-order valence-electron chi connectivity index (χ3n) is 5.33. The minimum Gasteiger partial charge on any atom is -0.357 e. The molecule has 2 fully saturated rings. The average Bonchev–Trinajstić information content (AvgIpc) is 2.63. The smallest absolute Gasteiger partial charge is 0.357 e. The van der Waals surface area contributed by atoms with Gasteiger partial charge in [-0.15, -0.1) is 0 Å². The van der Waals surface area contributed by atoms with Gasteiger partial charge in [-0.05, 0) is 58.0 Å². The summed E-state index contributed by atoms with van der Waals surface area (Å²) in [6.07, 6.45) is -0.145. The zero-order valence-corrected chi connectivity index (χ0v) is 14.9. The monoisotopic (exact) mass is 370 g/mol. The van der Waals surface area contributed by atoms with E-state index in [0.717, 1.165) is 38.2 Å². The van der Waals surface area contributed by atoms with Crippen LogP contribution >= 0.6 is 0 Å². The van der Waals surface area contributed by atoms with E-state index in [4.69, 9.17) is 0 Å². The Morgan fingerprint density at radius 3 is 2.31 bits per heavy atom. The van der Waals surface area contributed by atoms with Gasteiger partial charge in [0.05, 0.1) is 5.56 Å². The highest BCUT2D eigenvalue weighted by Gasteiger charge is 2.32. The second-order valence-corrected chi connectivity index (χ2v) is 7.25. The van der Waals surface area contributed by atoms with Gasteiger partial charge in [-0.2, -0.15) is 13.2 Å². The molecule has 2 aliphatic rings. The van der Waals surface area contributed by atoms with Gasteiger partial charge < -0.3 is 15.1 Å². The van der Waals surface area contributed by atoms with Crippen molar-refractivity contribution < 1.29 is 18.0 Å². The molecule has 2 aliphatic heterocycles. The van der Waals surface area contributed by atoms with Crippen molar-refractivity contribution in [2.24, 2.45) is 5.92 Å². The maximum Gasteiger partial charge on any atom is 0.417 e. The number of nitrogens with one attached hydrogen (secondary N) is 1. The van der Waals surface area contributed by atoms with Crippen molar-refractivity contribution in [3.63, 3.8) is 0 Å². The Kier molecular flexibility index (Phi) is 5.70. The van der Waals surface area contributed by atoms with Gasteiger partial charge in [-0.1, -0.05) is 0 Å². The number of nitrogens with zero attached hydrogens (tertiary/aromatic N) is 3. The van der Waals surface area contributed by atoms with E-state index in [1.54, 1.807) is 0 Å². The molecule has 2 saturated heterocycles. The molecule has 0 bridgehead atoms. The summed E-state index contributed by atoms with van der Waals surface area (Å²) in [7, 11) is 2.09. The van der Waals surface area contributed by atoms with Crippen LogP contribution in [0.4, 0.5) is 19.0 Å². The predicted molar refractivity (Wildman–Crippen MR) is 92.8 cm³/mol. The predicted octanol–water partition coefficient (Wildman–Crippen LogP) is 2.53. The standard InChI is InChI=1S/C18H25F3N4O/c1-24-8-6-15(7-9-24)23-17(26)13-4-10-25(11-5-13)16-3-2-14(12-22-16)18(19,20)21/h2-3,12-13,15H,4-11H2,1H3,(H,23,26). The number of likely N-dealkylation sites (tertiary alicyclic amines) is 1. The van der Waals surface area contributed by atoms with Crippen molar-refractivity contribution >= 4 is 11.7 Å². The van der Waals surface area contributed by atoms with E-state index in [0.29, 0.717) is 31.7 Å². The number of carbonyl (C=O) groups excluding carboxylic acids is 1. The summed E-state index contributed by atoms with van der Waals surface area (Å²) in [5.41, 5.74) is -0.742. The third kappa shape index (κ3) is 4.66. The number of rotatable bonds is 3. The normalized spacial score (nSPS) is 21.0. The molecule has 1 aromatic rings. The molecule has 0 aromatic carbocycles. The van der Waals surface area contributed by atoms with Gasteiger partial charge >= 0.3 is 6.18 Å². The van der Waals surface area contributed by atoms with Gasteiger partial charge in [0, 0.05) is 31.2 Å². The SMILES string of the molecule is CN1CCC(NC(=O)C2CCN(c3ccc(C(F)(F)F)cn3)CC2)CC1. The molecule has 3 rings (SSSR count). The average molecular weight is 370 g/mol. The van der Waals surface area contributed by atoms with Crippen LogP contribution in [-0.4, -0.2) is 55.1 Å². The lowest BCUT2D eigenvalue weighted by atomic mass is 9.94. The van der Waals surface area contributed by atoms with Gasteiger partial charge in [-0.25, -0.2) is 4.98 Å². The summed E-state index contributed by atoms with van der Waals surface area (Å²) >= 11 is 0. The Labute approximate surface area is 151 Å². The van der Waals surface area contributed by atoms with E-state index in [2.05, 4.69) is 22.2 Å². The lowest BCUT2D eigenvalue weighted by Crippen LogP contribution is -2.47. The minimum atomic E-state index is -4.37. The Morgan fingerprint density at radius 1 is 1.12 bits per heavy atom. The number of carbonyl (C=O) groups is 1. The summed E-state index contributed by atoms with van der Waals surface area (Å²) < 4.78 is 37.8. The van der Waals surface area contributed by atoms with Crippen LogP contribution in [0.1, 0.15) is 31.2 Å². The molecule has 144 valence electrons. The number of hydrogen-bond donors (Lipinski definition) is 1. The van der Waals surface area contributed by atoms with Crippen molar-refractivity contribution in [3.8, 4) is 0 Å². The lowest BCUT2D eigenvalue weighted by Gasteiger charge is -2.34. The zero-order chi connectivity index (χ0) is 18.7. The van der Waals surface area contributed by atoms with Crippen molar-refractivity contribution in [3.05, 3.63) is 23.9 Å². The van der Waals surface area contributed by atoms with Crippen LogP contribution in [0.5, 0.6) is 0 Å². The van der Waals surface area contributed by atoms with E-state index in [-0.39, 0.29) is 17.9 Å². The molecule has 0 spiro atoms. The highest BCUT2D eigenvalue weighted by molar-refractivity contribution is 5.79. The number of amides is 1. The zero-order valence-electron chi connectivity index (χ0n) is 14.9. The highest BCUT2D eigenvalue weighted by atomic mass is 19.4. The summed E-state index contributed by atoms with van der Waals surface area (Å²) in [6.45, 7) is 3.26. The van der Waals surface area contributed by atoms with E-state index in [1.807, 2.05) is 4.90 Å². The van der Waals surface area contributed by atoms with Gasteiger partial charge in [0.2, 0.25) is 5.91 Å². The van der Waals surface area contributed by atoms with E-state index in [9.17, 15) is 18.0 Å². The van der Waals surface area contributed by atoms with Gasteiger partial charge in [0.25, 0.3) is 0 Å². The Hall–Kier alpha value is -1.83. The molecule has 1 aromatic heterocycles. The van der Waals surface area contributed by atoms with Crippen molar-refractivity contribution in [2.75, 3.05) is 38.1 Å². The Morgan fingerprint density at radius 2 is 1.77 bits per heavy atom. The summed E-state index contributed by atoms with van der Waals surface area (Å²) in [4.78, 5) is 20.6. The fourth-order valence-electron chi connectivity index (χ4n) is 3.58. The second-order valence-electron chi connectivity index (χ2n) is 7.25. The number of halogens is 3. The summed E-state index contributed by atoms with van der Waals surface area (Å²) in [6, 6.07) is 2.72. The molecule has 3 heterocycles. The number of anilines is 1. The van der Waals surface area contributed by atoms with Crippen LogP contribution in [0.2, 0.25) is 0 Å². The number of alkyl halides is 3. The molecular formula is C18H25F3N4O. The molecule has 0 saturated carbocycles. The molecule has 26 heavy (non-hydrogen) atoms. The van der Waals surface area contributed by atoms with Crippen LogP contribution in [0.15, 0.2) is 18.3 Å². The first-order valence-corrected chi connectivity index (χ1v) is 9.10. The highest BCUT2D eigenvalue weighted by Crippen LogP contribution is 2.30. The fraction of sp³-hybridized carbons (Fsp3) is 0.667. The number of piperidine rings is 2. The molecule has 0 radical (unpaired) electrons. The number of aromatic nitrogens is 1. The van der Waals surface area contributed by atoms with Crippen molar-refractivity contribution in [1.82, 2.24) is 15.2 Å². The maximum atomic E-state index is 12.6. The first kappa shape index (κ1) is 18.9. The van der Waals surface area contributed by atoms with Crippen LogP contribution in [0, 0.1) is 5.92 Å². The second kappa shape index (κ2) is 7.82. The molecular weight excluding hydrogens is 345 g/mol. The number of pyridine rings is 1. The first-order valence-electron chi connectivity index (χ1n) is 9.10. The van der Waals surface area contributed by atoms with Gasteiger partial charge in [0.1, 0.15) is 5.82 Å². The molecule has 8 heteroatoms. The van der Waals surface area contributed by atoms with E-state index in [1.165, 1.54) is 6.07 Å². The fourth-order valence-corrected chi connectivity index (χ4v) is 3.58. The molecule has 1 N–H and O–H groups in total. The van der Waals surface area contributed by atoms with Crippen LogP contribution < -0.4 is 10.2 Å². The van der Waals surface area contributed by atoms with Gasteiger partial charge in [0.15, 0.2) is 0 Å². The molecule has 0 unspecified atom stereocenters. The molecule has 0 aliphatic carbocycles. The van der Waals surface area contributed by atoms with Crippen LogP contribution in [0.25, 0.3) is 0 Å². The Balaban J connectivity index is 1.48. The summed E-state index contributed by atoms with van der Waals surface area (Å²) in [5.74, 6) is 0.618. The van der Waals surface area contributed by atoms with Crippen molar-refractivity contribution in [2.45, 2.75) is 37.9 Å². The van der Waals surface area contributed by atoms with Crippen molar-refractivity contribution in [1.29, 1.82) is 0 Å². The van der Waals surface area contributed by atoms with Crippen LogP contribution in [-0.2, 0) is 11.0 Å². The molecule has 1 amide bonds. The number of hydrogen-bond acceptors (Lipinski definition) is 4. The topological polar surface area (TPSA) is 48.5 Å². The summed E-state index contributed by atoms with van der Waals surface area (Å²) in [5, 5.41) is 3.16. The van der Waals surface area contributed by atoms with E-state index < -0.39 is 11.7 Å². The first-order chi connectivity index (χ1) is 12.3. The third-order valence-corrected chi connectivity index (χ3v) is 5.33. The van der Waals surface area contributed by atoms with Gasteiger partial charge in [-0.3, -0.25) is 4.79 Å². The van der Waals surface area contributed by atoms with Crippen LogP contribution in [0.3, 0.4) is 0 Å². The van der Waals surface area contributed by atoms with E-state index >= 15 is 0 Å². The maximum absolute atomic E-state index is 12.6. The quantitative estimate of drug-likeness (QED) is 0.888. The lowest BCUT2D eigenvalue weighted by molar-refractivity contribution is -0.137.